The molecule has 6 heteroatoms. The van der Waals surface area contributed by atoms with Crippen molar-refractivity contribution in [1.82, 2.24) is 15.1 Å². The Morgan fingerprint density at radius 3 is 2.88 bits per heavy atom. The van der Waals surface area contributed by atoms with Gasteiger partial charge in [-0.3, -0.25) is 9.89 Å². The van der Waals surface area contributed by atoms with Gasteiger partial charge in [0.25, 0.3) is 5.91 Å². The van der Waals surface area contributed by atoms with E-state index in [1.54, 1.807) is 6.20 Å². The number of nitrogens with two attached hydrogens (primary N) is 1. The molecule has 0 aromatic carbocycles. The van der Waals surface area contributed by atoms with Gasteiger partial charge in [-0.1, -0.05) is 6.92 Å². The van der Waals surface area contributed by atoms with Gasteiger partial charge in [0.1, 0.15) is 0 Å². The summed E-state index contributed by atoms with van der Waals surface area (Å²) in [6.07, 6.45) is 2.47. The van der Waals surface area contributed by atoms with E-state index in [2.05, 4.69) is 17.1 Å². The summed E-state index contributed by atoms with van der Waals surface area (Å²) in [7, 11) is 0. The first kappa shape index (κ1) is 14.0. The summed E-state index contributed by atoms with van der Waals surface area (Å²) in [4.78, 5) is 14.0. The van der Waals surface area contributed by atoms with E-state index in [1.165, 1.54) is 0 Å². The number of aromatic nitrogens is 2. The number of nitrogens with zero attached hydrogens (tertiary/aromatic N) is 2. The van der Waals surface area contributed by atoms with Gasteiger partial charge in [-0.25, -0.2) is 0 Å². The van der Waals surface area contributed by atoms with Crippen molar-refractivity contribution in [1.29, 1.82) is 0 Å². The van der Waals surface area contributed by atoms with E-state index in [1.807, 2.05) is 11.8 Å². The first-order valence-electron chi connectivity index (χ1n) is 5.64. The zero-order valence-electron chi connectivity index (χ0n) is 10.1. The number of carbonyl (C=O) groups excluding carboxylic acids is 1. The largest absolute Gasteiger partial charge is 0.338 e. The molecule has 0 saturated carbocycles. The summed E-state index contributed by atoms with van der Waals surface area (Å²) in [5.74, 6) is 0.426. The summed E-state index contributed by atoms with van der Waals surface area (Å²) >= 11 is 0. The highest BCUT2D eigenvalue weighted by Crippen LogP contribution is 2.17. The van der Waals surface area contributed by atoms with Gasteiger partial charge < -0.3 is 10.6 Å². The predicted molar refractivity (Wildman–Crippen MR) is 68.2 cm³/mol. The molecular formula is C11H19ClN4O. The van der Waals surface area contributed by atoms with Gasteiger partial charge in [-0.05, 0) is 19.3 Å². The van der Waals surface area contributed by atoms with Gasteiger partial charge >= 0.3 is 0 Å². The number of carbonyl (C=O) groups is 1. The molecule has 1 aliphatic rings. The fourth-order valence-corrected chi connectivity index (χ4v) is 2.08. The van der Waals surface area contributed by atoms with E-state index in [-0.39, 0.29) is 24.4 Å². The van der Waals surface area contributed by atoms with Crippen molar-refractivity contribution in [2.45, 2.75) is 26.3 Å². The van der Waals surface area contributed by atoms with E-state index in [4.69, 9.17) is 5.73 Å². The third-order valence-electron chi connectivity index (χ3n) is 3.32. The van der Waals surface area contributed by atoms with Crippen LogP contribution in [0.5, 0.6) is 0 Å². The second-order valence-electron chi connectivity index (χ2n) is 4.59. The van der Waals surface area contributed by atoms with Crippen LogP contribution < -0.4 is 5.73 Å². The zero-order chi connectivity index (χ0) is 11.7. The molecule has 1 amide bonds. The highest BCUT2D eigenvalue weighted by molar-refractivity contribution is 5.95. The van der Waals surface area contributed by atoms with Crippen molar-refractivity contribution in [2.75, 3.05) is 13.1 Å². The maximum absolute atomic E-state index is 12.2. The number of nitrogens with one attached hydrogen (secondary N) is 1. The van der Waals surface area contributed by atoms with Crippen LogP contribution in [0.4, 0.5) is 0 Å². The lowest BCUT2D eigenvalue weighted by atomic mass is 9.94. The minimum absolute atomic E-state index is 0. The Bertz CT molecular complexity index is 393. The van der Waals surface area contributed by atoms with E-state index in [0.29, 0.717) is 11.5 Å². The van der Waals surface area contributed by atoms with Crippen molar-refractivity contribution < 1.29 is 4.79 Å². The Morgan fingerprint density at radius 1 is 1.65 bits per heavy atom. The van der Waals surface area contributed by atoms with Crippen LogP contribution in [0.2, 0.25) is 0 Å². The number of aromatic amines is 1. The molecule has 2 unspecified atom stereocenters. The van der Waals surface area contributed by atoms with Crippen molar-refractivity contribution in [3.8, 4) is 0 Å². The number of rotatable bonds is 1. The molecule has 2 rings (SSSR count). The smallest absolute Gasteiger partial charge is 0.257 e. The zero-order valence-corrected chi connectivity index (χ0v) is 11.0. The highest BCUT2D eigenvalue weighted by atomic mass is 35.5. The molecule has 2 heterocycles. The average Bonchev–Trinajstić information content (AvgIpc) is 2.67. The highest BCUT2D eigenvalue weighted by Gasteiger charge is 2.27. The third kappa shape index (κ3) is 2.79. The van der Waals surface area contributed by atoms with Crippen LogP contribution in [0, 0.1) is 12.8 Å². The van der Waals surface area contributed by atoms with Gasteiger partial charge in [-0.15, -0.1) is 12.4 Å². The molecule has 1 aromatic rings. The van der Waals surface area contributed by atoms with Crippen molar-refractivity contribution in [3.05, 3.63) is 17.5 Å². The molecule has 0 spiro atoms. The van der Waals surface area contributed by atoms with E-state index < -0.39 is 0 Å². The number of amides is 1. The molecule has 0 radical (unpaired) electrons. The maximum Gasteiger partial charge on any atom is 0.257 e. The number of hydrogen-bond acceptors (Lipinski definition) is 3. The first-order valence-corrected chi connectivity index (χ1v) is 5.64. The van der Waals surface area contributed by atoms with Crippen LogP contribution in [0.1, 0.15) is 29.4 Å². The summed E-state index contributed by atoms with van der Waals surface area (Å²) < 4.78 is 0. The summed E-state index contributed by atoms with van der Waals surface area (Å²) in [5, 5.41) is 6.66. The van der Waals surface area contributed by atoms with Crippen LogP contribution in [0.3, 0.4) is 0 Å². The Morgan fingerprint density at radius 2 is 2.35 bits per heavy atom. The fraction of sp³-hybridized carbons (Fsp3) is 0.636. The number of likely N-dealkylation sites (tertiary alicyclic amines) is 1. The Kier molecular flexibility index (Phi) is 4.54. The first-order chi connectivity index (χ1) is 7.59. The molecule has 1 saturated heterocycles. The molecule has 0 bridgehead atoms. The Labute approximate surface area is 107 Å². The van der Waals surface area contributed by atoms with Crippen LogP contribution in [0.25, 0.3) is 0 Å². The molecule has 1 fully saturated rings. The monoisotopic (exact) mass is 258 g/mol. The standard InChI is InChI=1S/C11H18N4O.ClH/c1-7-6-15(4-3-10(7)12)11(16)9-5-13-14-8(9)2;/h5,7,10H,3-4,6,12H2,1-2H3,(H,13,14);1H. The second-order valence-corrected chi connectivity index (χ2v) is 4.59. The molecule has 1 aromatic heterocycles. The predicted octanol–water partition coefficient (Wildman–Crippen LogP) is 0.949. The quantitative estimate of drug-likeness (QED) is 0.788. The molecule has 96 valence electrons. The minimum Gasteiger partial charge on any atom is -0.338 e. The number of halogens is 1. The average molecular weight is 259 g/mol. The summed E-state index contributed by atoms with van der Waals surface area (Å²) in [5.41, 5.74) is 7.43. The number of H-pyrrole nitrogens is 1. The normalized spacial score (nSPS) is 24.3. The number of piperidine rings is 1. The van der Waals surface area contributed by atoms with E-state index >= 15 is 0 Å². The van der Waals surface area contributed by atoms with Gasteiger partial charge in [-0.2, -0.15) is 5.10 Å². The van der Waals surface area contributed by atoms with Crippen molar-refractivity contribution >= 4 is 18.3 Å². The topological polar surface area (TPSA) is 75.0 Å². The fourth-order valence-electron chi connectivity index (χ4n) is 2.08. The molecule has 0 aliphatic carbocycles. The van der Waals surface area contributed by atoms with Crippen LogP contribution in [-0.2, 0) is 0 Å². The van der Waals surface area contributed by atoms with Crippen molar-refractivity contribution in [2.24, 2.45) is 11.7 Å². The number of aryl methyl sites for hydroxylation is 1. The maximum atomic E-state index is 12.2. The van der Waals surface area contributed by atoms with Gasteiger partial charge in [0.2, 0.25) is 0 Å². The second kappa shape index (κ2) is 5.51. The van der Waals surface area contributed by atoms with Crippen LogP contribution in [-0.4, -0.2) is 40.1 Å². The molecule has 3 N–H and O–H groups in total. The van der Waals surface area contributed by atoms with Gasteiger partial charge in [0.15, 0.2) is 0 Å². The van der Waals surface area contributed by atoms with Crippen molar-refractivity contribution in [3.63, 3.8) is 0 Å². The van der Waals surface area contributed by atoms with E-state index in [0.717, 1.165) is 25.2 Å². The molecule has 17 heavy (non-hydrogen) atoms. The summed E-state index contributed by atoms with van der Waals surface area (Å²) in [6.45, 7) is 5.44. The lowest BCUT2D eigenvalue weighted by molar-refractivity contribution is 0.0663. The molecular weight excluding hydrogens is 240 g/mol. The number of hydrogen-bond donors (Lipinski definition) is 2. The SMILES string of the molecule is Cc1[nH]ncc1C(=O)N1CCC(N)C(C)C1.Cl. The molecule has 5 nitrogen and oxygen atoms in total. The Hall–Kier alpha value is -1.07. The molecule has 2 atom stereocenters. The van der Waals surface area contributed by atoms with Gasteiger partial charge in [0.05, 0.1) is 11.8 Å². The third-order valence-corrected chi connectivity index (χ3v) is 3.32. The Balaban J connectivity index is 0.00000144. The minimum atomic E-state index is 0. The lowest BCUT2D eigenvalue weighted by Gasteiger charge is -2.35. The van der Waals surface area contributed by atoms with Gasteiger partial charge in [0, 0.05) is 24.8 Å². The van der Waals surface area contributed by atoms with Crippen LogP contribution >= 0.6 is 12.4 Å². The summed E-state index contributed by atoms with van der Waals surface area (Å²) in [6, 6.07) is 0.217. The van der Waals surface area contributed by atoms with E-state index in [9.17, 15) is 4.79 Å². The molecule has 1 aliphatic heterocycles. The van der Waals surface area contributed by atoms with Crippen LogP contribution in [0.15, 0.2) is 6.20 Å². The lowest BCUT2D eigenvalue weighted by Crippen LogP contribution is -2.48.